The van der Waals surface area contributed by atoms with E-state index in [1.807, 2.05) is 79.7 Å². The minimum absolute atomic E-state index is 0.0668. The van der Waals surface area contributed by atoms with E-state index in [1.165, 1.54) is 0 Å². The SMILES string of the molecule is COc1ccc2c([C@]3(Cc4ccccc4)C(=O)N(c4ccccc4)N=C3C)c(C(c3ccccc3)c3ccccc3)[nH]c2c1. The van der Waals surface area contributed by atoms with Crippen LogP contribution in [0.5, 0.6) is 5.75 Å². The number of carbonyl (C=O) groups excluding carboxylic acids is 1. The largest absolute Gasteiger partial charge is 0.497 e. The second kappa shape index (κ2) is 11.3. The third-order valence-corrected chi connectivity index (χ3v) is 8.75. The highest BCUT2D eigenvalue weighted by Gasteiger charge is 2.54. The van der Waals surface area contributed by atoms with Crippen LogP contribution in [0, 0.1) is 0 Å². The number of carbonyl (C=O) groups is 1. The molecule has 44 heavy (non-hydrogen) atoms. The molecule has 0 radical (unpaired) electrons. The predicted molar refractivity (Wildman–Crippen MR) is 178 cm³/mol. The number of hydrogen-bond donors (Lipinski definition) is 1. The second-order valence-electron chi connectivity index (χ2n) is 11.3. The maximum absolute atomic E-state index is 15.1. The number of H-pyrrole nitrogens is 1. The zero-order valence-electron chi connectivity index (χ0n) is 24.8. The van der Waals surface area contributed by atoms with Crippen LogP contribution in [0.4, 0.5) is 5.69 Å². The second-order valence-corrected chi connectivity index (χ2v) is 11.3. The van der Waals surface area contributed by atoms with Crippen molar-refractivity contribution in [2.45, 2.75) is 24.7 Å². The van der Waals surface area contributed by atoms with Gasteiger partial charge < -0.3 is 9.72 Å². The standard InChI is InChI=1S/C39H33N3O2/c1-27-39(26-28-15-7-3-8-16-28,38(43)42(41-27)31-21-13-6-14-22-31)36-33-24-23-32(44-2)25-34(33)40-37(36)35(29-17-9-4-10-18-29)30-19-11-5-12-20-30/h3-25,35,40H,26H2,1-2H3/t39-/m1/s1. The number of benzene rings is 5. The molecule has 0 aliphatic carbocycles. The highest BCUT2D eigenvalue weighted by molar-refractivity contribution is 6.25. The summed E-state index contributed by atoms with van der Waals surface area (Å²) in [6.45, 7) is 2.00. The Kier molecular flexibility index (Phi) is 7.07. The smallest absolute Gasteiger partial charge is 0.264 e. The lowest BCUT2D eigenvalue weighted by molar-refractivity contribution is -0.121. The maximum Gasteiger partial charge on any atom is 0.264 e. The molecule has 1 aliphatic rings. The van der Waals surface area contributed by atoms with E-state index in [4.69, 9.17) is 9.84 Å². The highest BCUT2D eigenvalue weighted by Crippen LogP contribution is 2.48. The Morgan fingerprint density at radius 1 is 0.773 bits per heavy atom. The number of amides is 1. The Morgan fingerprint density at radius 3 is 1.93 bits per heavy atom. The average Bonchev–Trinajstić information content (AvgIpc) is 3.57. The number of para-hydroxylation sites is 1. The van der Waals surface area contributed by atoms with Crippen LogP contribution in [0.1, 0.15) is 40.8 Å². The van der Waals surface area contributed by atoms with Gasteiger partial charge in [-0.3, -0.25) is 4.79 Å². The average molecular weight is 576 g/mol. The number of hydrogen-bond acceptors (Lipinski definition) is 3. The molecule has 0 saturated heterocycles. The molecule has 5 heteroatoms. The number of hydrazone groups is 1. The Labute approximate surface area is 257 Å². The summed E-state index contributed by atoms with van der Waals surface area (Å²) in [5.41, 5.74) is 6.60. The fourth-order valence-electron chi connectivity index (χ4n) is 6.66. The van der Waals surface area contributed by atoms with Crippen molar-refractivity contribution in [1.82, 2.24) is 4.98 Å². The predicted octanol–water partition coefficient (Wildman–Crippen LogP) is 8.26. The molecule has 0 bridgehead atoms. The van der Waals surface area contributed by atoms with Crippen LogP contribution in [-0.2, 0) is 16.6 Å². The van der Waals surface area contributed by atoms with Crippen LogP contribution >= 0.6 is 0 Å². The number of nitrogens with zero attached hydrogens (tertiary/aromatic N) is 2. The number of fused-ring (bicyclic) bond motifs is 1. The van der Waals surface area contributed by atoms with Gasteiger partial charge in [0.1, 0.15) is 11.2 Å². The van der Waals surface area contributed by atoms with Crippen molar-refractivity contribution in [2.24, 2.45) is 5.10 Å². The minimum Gasteiger partial charge on any atom is -0.497 e. The number of methoxy groups -OCH3 is 1. The first kappa shape index (κ1) is 27.4. The van der Waals surface area contributed by atoms with Crippen LogP contribution in [0.25, 0.3) is 10.9 Å². The van der Waals surface area contributed by atoms with Crippen LogP contribution in [0.3, 0.4) is 0 Å². The Bertz CT molecular complexity index is 1910. The quantitative estimate of drug-likeness (QED) is 0.199. The molecule has 216 valence electrons. The number of ether oxygens (including phenoxy) is 1. The molecule has 1 atom stereocenters. The molecule has 2 heterocycles. The molecule has 5 nitrogen and oxygen atoms in total. The van der Waals surface area contributed by atoms with Gasteiger partial charge >= 0.3 is 0 Å². The number of aromatic amines is 1. The number of aromatic nitrogens is 1. The van der Waals surface area contributed by atoms with Gasteiger partial charge in [-0.05, 0) is 54.3 Å². The molecule has 0 spiro atoms. The Hall–Kier alpha value is -5.42. The molecule has 0 unspecified atom stereocenters. The molecular formula is C39H33N3O2. The van der Waals surface area contributed by atoms with Crippen molar-refractivity contribution in [2.75, 3.05) is 12.1 Å². The summed E-state index contributed by atoms with van der Waals surface area (Å²) in [5, 5.41) is 7.56. The van der Waals surface area contributed by atoms with Gasteiger partial charge in [0.25, 0.3) is 5.91 Å². The highest BCUT2D eigenvalue weighted by atomic mass is 16.5. The molecule has 7 rings (SSSR count). The number of nitrogens with one attached hydrogen (secondary N) is 1. The van der Waals surface area contributed by atoms with Gasteiger partial charge in [0.15, 0.2) is 0 Å². The van der Waals surface area contributed by atoms with Gasteiger partial charge in [-0.2, -0.15) is 10.1 Å². The maximum atomic E-state index is 15.1. The molecule has 0 saturated carbocycles. The molecule has 1 aromatic heterocycles. The van der Waals surface area contributed by atoms with E-state index in [9.17, 15) is 0 Å². The van der Waals surface area contributed by atoms with Crippen LogP contribution in [-0.4, -0.2) is 23.7 Å². The normalized spacial score (nSPS) is 16.5. The summed E-state index contributed by atoms with van der Waals surface area (Å²) < 4.78 is 5.65. The molecular weight excluding hydrogens is 542 g/mol. The summed E-state index contributed by atoms with van der Waals surface area (Å²) in [6, 6.07) is 47.0. The first-order chi connectivity index (χ1) is 21.6. The number of rotatable bonds is 8. The van der Waals surface area contributed by atoms with Crippen molar-refractivity contribution < 1.29 is 9.53 Å². The molecule has 1 N–H and O–H groups in total. The van der Waals surface area contributed by atoms with E-state index in [0.29, 0.717) is 6.42 Å². The monoisotopic (exact) mass is 575 g/mol. The van der Waals surface area contributed by atoms with Crippen molar-refractivity contribution in [3.63, 3.8) is 0 Å². The van der Waals surface area contributed by atoms with Crippen LogP contribution in [0.2, 0.25) is 0 Å². The van der Waals surface area contributed by atoms with E-state index in [1.54, 1.807) is 12.1 Å². The summed E-state index contributed by atoms with van der Waals surface area (Å²) >= 11 is 0. The molecule has 1 aliphatic heterocycles. The van der Waals surface area contributed by atoms with Gasteiger partial charge in [0, 0.05) is 34.1 Å². The summed E-state index contributed by atoms with van der Waals surface area (Å²) in [5.74, 6) is 0.520. The van der Waals surface area contributed by atoms with E-state index >= 15 is 4.79 Å². The van der Waals surface area contributed by atoms with Gasteiger partial charge in [-0.25, -0.2) is 0 Å². The zero-order chi connectivity index (χ0) is 30.1. The lowest BCUT2D eigenvalue weighted by Gasteiger charge is -2.32. The zero-order valence-corrected chi connectivity index (χ0v) is 24.8. The topological polar surface area (TPSA) is 57.7 Å². The summed E-state index contributed by atoms with van der Waals surface area (Å²) in [4.78, 5) is 18.9. The molecule has 6 aromatic rings. The minimum atomic E-state index is -1.07. The fourth-order valence-corrected chi connectivity index (χ4v) is 6.66. The first-order valence-electron chi connectivity index (χ1n) is 14.9. The van der Waals surface area contributed by atoms with Crippen LogP contribution < -0.4 is 9.75 Å². The lowest BCUT2D eigenvalue weighted by atomic mass is 9.68. The van der Waals surface area contributed by atoms with Crippen LogP contribution in [0.15, 0.2) is 145 Å². The molecule has 0 fully saturated rings. The Balaban J connectivity index is 1.56. The van der Waals surface area contributed by atoms with Gasteiger partial charge in [-0.1, -0.05) is 109 Å². The Morgan fingerprint density at radius 2 is 1.34 bits per heavy atom. The van der Waals surface area contributed by atoms with E-state index in [2.05, 4.69) is 71.7 Å². The van der Waals surface area contributed by atoms with E-state index in [-0.39, 0.29) is 11.8 Å². The molecule has 5 aromatic carbocycles. The molecule has 1 amide bonds. The van der Waals surface area contributed by atoms with Crippen molar-refractivity contribution in [3.8, 4) is 5.75 Å². The third kappa shape index (κ3) is 4.58. The van der Waals surface area contributed by atoms with Crippen molar-refractivity contribution in [1.29, 1.82) is 0 Å². The van der Waals surface area contributed by atoms with Gasteiger partial charge in [-0.15, -0.1) is 0 Å². The summed E-state index contributed by atoms with van der Waals surface area (Å²) in [6.07, 6.45) is 0.466. The van der Waals surface area contributed by atoms with Crippen molar-refractivity contribution >= 4 is 28.2 Å². The van der Waals surface area contributed by atoms with Gasteiger partial charge in [0.2, 0.25) is 0 Å². The first-order valence-corrected chi connectivity index (χ1v) is 14.9. The lowest BCUT2D eigenvalue weighted by Crippen LogP contribution is -2.46. The fraction of sp³-hybridized carbons (Fsp3) is 0.128. The third-order valence-electron chi connectivity index (χ3n) is 8.75. The number of anilines is 1. The van der Waals surface area contributed by atoms with E-state index in [0.717, 1.165) is 56.0 Å². The van der Waals surface area contributed by atoms with Crippen molar-refractivity contribution in [3.05, 3.63) is 167 Å². The van der Waals surface area contributed by atoms with Gasteiger partial charge in [0.05, 0.1) is 18.5 Å². The van der Waals surface area contributed by atoms with E-state index < -0.39 is 5.41 Å². The summed E-state index contributed by atoms with van der Waals surface area (Å²) in [7, 11) is 1.68.